The second kappa shape index (κ2) is 34.5. The summed E-state index contributed by atoms with van der Waals surface area (Å²) in [6.45, 7) is 16.5. The van der Waals surface area contributed by atoms with E-state index in [4.69, 9.17) is 0 Å². The Labute approximate surface area is 354 Å². The number of quaternary nitrogens is 6. The van der Waals surface area contributed by atoms with Crippen LogP contribution in [0.4, 0.5) is 0 Å². The summed E-state index contributed by atoms with van der Waals surface area (Å²) in [5.74, 6) is -16.0. The topological polar surface area (TPSA) is 340 Å². The monoisotopic (exact) mass is 853 g/mol. The van der Waals surface area contributed by atoms with E-state index in [9.17, 15) is 59.4 Å². The minimum atomic E-state index is -2.66. The van der Waals surface area contributed by atoms with Crippen molar-refractivity contribution >= 4 is 35.8 Å². The predicted molar refractivity (Wildman–Crippen MR) is 205 cm³/mol. The molecule has 7 rings (SSSR count). The number of carbonyl (C=O) groups excluding carboxylic acids is 6. The lowest BCUT2D eigenvalue weighted by Crippen LogP contribution is -2.85. The zero-order chi connectivity index (χ0) is 44.4. The summed E-state index contributed by atoms with van der Waals surface area (Å²) in [6.07, 6.45) is 26.1. The summed E-state index contributed by atoms with van der Waals surface area (Å²) < 4.78 is 0. The van der Waals surface area contributed by atoms with Gasteiger partial charge in [0.2, 0.25) is 0 Å². The second-order valence-electron chi connectivity index (χ2n) is 15.5. The van der Waals surface area contributed by atoms with E-state index in [0.29, 0.717) is 0 Å². The third kappa shape index (κ3) is 23.6. The fourth-order valence-corrected chi connectivity index (χ4v) is 7.37. The molecule has 0 bridgehead atoms. The van der Waals surface area contributed by atoms with Gasteiger partial charge in [0.25, 0.3) is 0 Å². The molecule has 12 N–H and O–H groups in total. The van der Waals surface area contributed by atoms with Crippen LogP contribution in [-0.4, -0.2) is 114 Å². The van der Waals surface area contributed by atoms with Crippen molar-refractivity contribution < 1.29 is 91.3 Å². The van der Waals surface area contributed by atoms with E-state index in [1.807, 2.05) is 0 Å². The number of hydrogen-bond acceptors (Lipinski definition) is 12. The van der Waals surface area contributed by atoms with Crippen molar-refractivity contribution in [3.05, 3.63) is 33.4 Å². The first-order valence-corrected chi connectivity index (χ1v) is 22.3. The minimum absolute atomic E-state index is 1.38. The molecule has 6 fully saturated rings. The molecule has 1 aromatic rings. The van der Waals surface area contributed by atoms with Gasteiger partial charge in [-0.05, 0) is 116 Å². The number of carboxylic acids is 6. The fourth-order valence-electron chi connectivity index (χ4n) is 7.37. The lowest BCUT2D eigenvalue weighted by molar-refractivity contribution is -0.662. The maximum absolute atomic E-state index is 11.0. The van der Waals surface area contributed by atoms with Crippen molar-refractivity contribution in [2.75, 3.05) is 78.5 Å². The molecule has 6 heterocycles. The number of piperidine rings is 6. The molecule has 60 heavy (non-hydrogen) atoms. The molecular formula is C42H72N6O12. The van der Waals surface area contributed by atoms with Crippen LogP contribution >= 0.6 is 0 Å². The molecule has 6 aliphatic rings. The van der Waals surface area contributed by atoms with Gasteiger partial charge in [0.05, 0.1) is 114 Å². The standard InChI is InChI=1S/C12H6O12.6C5H11N/c13-7(14)1-2(8(15)16)4(10(19)20)6(12(23)24)5(11(21)22)3(1)9(17)18;6*1-2-4-6-5-3-1/h(H,13,14)(H,15,16)(H,17,18)(H,19,20)(H,21,22)(H,23,24);6*6H,1-5H2. The number of nitrogens with two attached hydrogens (primary N) is 6. The summed E-state index contributed by atoms with van der Waals surface area (Å²) in [4.78, 5) is 66.0. The number of carbonyl (C=O) groups is 6. The van der Waals surface area contributed by atoms with Gasteiger partial charge in [0.1, 0.15) is 0 Å². The summed E-state index contributed by atoms with van der Waals surface area (Å²) >= 11 is 0. The van der Waals surface area contributed by atoms with Gasteiger partial charge >= 0.3 is 0 Å². The van der Waals surface area contributed by atoms with Crippen molar-refractivity contribution in [1.82, 2.24) is 0 Å². The quantitative estimate of drug-likeness (QED) is 0.155. The second-order valence-corrected chi connectivity index (χ2v) is 15.5. The fraction of sp³-hybridized carbons (Fsp3) is 0.714. The molecule has 0 aromatic heterocycles. The first kappa shape index (κ1) is 53.8. The summed E-state index contributed by atoms with van der Waals surface area (Å²) in [5.41, 5.74) is -12.0. The molecule has 0 unspecified atom stereocenters. The minimum Gasteiger partial charge on any atom is -0.545 e. The molecule has 0 radical (unpaired) electrons. The van der Waals surface area contributed by atoms with Crippen molar-refractivity contribution in [1.29, 1.82) is 0 Å². The molecule has 6 aliphatic heterocycles. The van der Waals surface area contributed by atoms with Crippen LogP contribution in [0.1, 0.15) is 178 Å². The smallest absolute Gasteiger partial charge is 0.0755 e. The van der Waals surface area contributed by atoms with Gasteiger partial charge in [0.15, 0.2) is 0 Å². The molecule has 0 atom stereocenters. The predicted octanol–water partition coefficient (Wildman–Crippen LogP) is -9.73. The van der Waals surface area contributed by atoms with Gasteiger partial charge in [-0.25, -0.2) is 0 Å². The zero-order valence-corrected chi connectivity index (χ0v) is 35.6. The lowest BCUT2D eigenvalue weighted by atomic mass is 9.86. The van der Waals surface area contributed by atoms with E-state index in [2.05, 4.69) is 31.9 Å². The van der Waals surface area contributed by atoms with Gasteiger partial charge in [0, 0.05) is 33.4 Å². The number of carboxylic acid groups (broad SMARTS) is 6. The average Bonchev–Trinajstić information content (AvgIpc) is 3.30. The maximum Gasteiger partial charge on any atom is 0.0755 e. The molecular weight excluding hydrogens is 780 g/mol. The highest BCUT2D eigenvalue weighted by atomic mass is 16.4. The molecule has 342 valence electrons. The van der Waals surface area contributed by atoms with E-state index < -0.39 is 69.2 Å². The molecule has 18 heteroatoms. The van der Waals surface area contributed by atoms with Crippen LogP contribution in [0, 0.1) is 0 Å². The van der Waals surface area contributed by atoms with Crippen LogP contribution < -0.4 is 62.5 Å². The van der Waals surface area contributed by atoms with Crippen molar-refractivity contribution in [3.63, 3.8) is 0 Å². The van der Waals surface area contributed by atoms with Crippen LogP contribution in [0.15, 0.2) is 0 Å². The Morgan fingerprint density at radius 1 is 0.217 bits per heavy atom. The van der Waals surface area contributed by atoms with Crippen molar-refractivity contribution in [2.45, 2.75) is 116 Å². The summed E-state index contributed by atoms with van der Waals surface area (Å²) in [5, 5.41) is 80.3. The molecule has 0 saturated carbocycles. The summed E-state index contributed by atoms with van der Waals surface area (Å²) in [7, 11) is 0. The van der Waals surface area contributed by atoms with Crippen molar-refractivity contribution in [3.8, 4) is 0 Å². The molecule has 18 nitrogen and oxygen atoms in total. The molecule has 0 spiro atoms. The Kier molecular flexibility index (Phi) is 31.0. The lowest BCUT2D eigenvalue weighted by Gasteiger charge is -2.28. The summed E-state index contributed by atoms with van der Waals surface area (Å²) in [6, 6.07) is 0. The van der Waals surface area contributed by atoms with Crippen LogP contribution in [0.25, 0.3) is 0 Å². The Morgan fingerprint density at radius 2 is 0.317 bits per heavy atom. The first-order chi connectivity index (χ1) is 28.9. The van der Waals surface area contributed by atoms with Crippen molar-refractivity contribution in [2.24, 2.45) is 0 Å². The van der Waals surface area contributed by atoms with Crippen LogP contribution in [0.5, 0.6) is 0 Å². The third-order valence-electron chi connectivity index (χ3n) is 10.6. The molecule has 1 aromatic carbocycles. The van der Waals surface area contributed by atoms with E-state index in [1.54, 1.807) is 0 Å². The average molecular weight is 853 g/mol. The number of benzene rings is 1. The SMILES string of the molecule is C1CC[NH2+]CC1.C1CC[NH2+]CC1.C1CC[NH2+]CC1.C1CC[NH2+]CC1.C1CC[NH2+]CC1.C1CC[NH2+]CC1.O=C([O-])c1c(C(=O)[O-])c(C(=O)[O-])c(C(=O)[O-])c(C(=O)[O-])c1C(=O)[O-]. The van der Waals surface area contributed by atoms with Gasteiger partial charge in [-0.1, -0.05) is 0 Å². The molecule has 0 amide bonds. The van der Waals surface area contributed by atoms with Gasteiger partial charge in [-0.15, -0.1) is 0 Å². The highest BCUT2D eigenvalue weighted by Gasteiger charge is 2.27. The maximum atomic E-state index is 11.0. The van der Waals surface area contributed by atoms with E-state index in [0.717, 1.165) is 0 Å². The number of rotatable bonds is 6. The van der Waals surface area contributed by atoms with Crippen LogP contribution in [0.2, 0.25) is 0 Å². The largest absolute Gasteiger partial charge is 0.545 e. The normalized spacial score (nSPS) is 18.4. The van der Waals surface area contributed by atoms with E-state index in [1.165, 1.54) is 194 Å². The first-order valence-electron chi connectivity index (χ1n) is 22.3. The third-order valence-corrected chi connectivity index (χ3v) is 10.6. The highest BCUT2D eigenvalue weighted by Crippen LogP contribution is 2.27. The Morgan fingerprint density at radius 3 is 0.350 bits per heavy atom. The van der Waals surface area contributed by atoms with Gasteiger partial charge < -0.3 is 91.3 Å². The van der Waals surface area contributed by atoms with Crippen LogP contribution in [-0.2, 0) is 0 Å². The van der Waals surface area contributed by atoms with Gasteiger partial charge in [-0.2, -0.15) is 0 Å². The van der Waals surface area contributed by atoms with Crippen LogP contribution in [0.3, 0.4) is 0 Å². The van der Waals surface area contributed by atoms with Gasteiger partial charge in [-0.3, -0.25) is 0 Å². The highest BCUT2D eigenvalue weighted by molar-refractivity contribution is 6.21. The zero-order valence-electron chi connectivity index (χ0n) is 35.6. The Balaban J connectivity index is 0.000000400. The molecule has 6 saturated heterocycles. The number of aromatic carboxylic acids is 6. The molecule has 0 aliphatic carbocycles. The Bertz CT molecular complexity index is 1060. The van der Waals surface area contributed by atoms with E-state index >= 15 is 0 Å². The number of hydrogen-bond donors (Lipinski definition) is 6. The Hall–Kier alpha value is -4.20. The van der Waals surface area contributed by atoms with E-state index in [-0.39, 0.29) is 0 Å².